The van der Waals surface area contributed by atoms with Gasteiger partial charge in [-0.25, -0.2) is 4.98 Å². The van der Waals surface area contributed by atoms with Crippen molar-refractivity contribution in [2.45, 2.75) is 6.92 Å². The van der Waals surface area contributed by atoms with Crippen molar-refractivity contribution in [1.29, 1.82) is 0 Å². The Morgan fingerprint density at radius 1 is 0.920 bits per heavy atom. The number of anilines is 1. The largest absolute Gasteiger partial charge is 0.321 e. The molecule has 0 aliphatic carbocycles. The van der Waals surface area contributed by atoms with Crippen molar-refractivity contribution in [2.75, 3.05) is 5.32 Å². The number of aryl methyl sites for hydroxylation is 1. The predicted molar refractivity (Wildman–Crippen MR) is 104 cm³/mol. The highest BCUT2D eigenvalue weighted by Gasteiger charge is 2.14. The molecule has 0 atom stereocenters. The van der Waals surface area contributed by atoms with Crippen LogP contribution in [-0.2, 0) is 0 Å². The lowest BCUT2D eigenvalue weighted by atomic mass is 10.1. The summed E-state index contributed by atoms with van der Waals surface area (Å²) in [6.07, 6.45) is 0. The quantitative estimate of drug-likeness (QED) is 0.531. The number of rotatable bonds is 3. The molecule has 3 aromatic carbocycles. The second kappa shape index (κ2) is 6.49. The summed E-state index contributed by atoms with van der Waals surface area (Å²) in [4.78, 5) is 17.4. The van der Waals surface area contributed by atoms with Crippen molar-refractivity contribution in [3.05, 3.63) is 83.9 Å². The van der Waals surface area contributed by atoms with Gasteiger partial charge in [0, 0.05) is 11.1 Å². The number of aromatic nitrogens is 1. The lowest BCUT2D eigenvalue weighted by Crippen LogP contribution is -2.13. The van der Waals surface area contributed by atoms with Crippen LogP contribution in [0.25, 0.3) is 20.8 Å². The second-order valence-electron chi connectivity index (χ2n) is 5.80. The average Bonchev–Trinajstić information content (AvgIpc) is 3.06. The molecule has 4 rings (SSSR count). The minimum Gasteiger partial charge on any atom is -0.321 e. The van der Waals surface area contributed by atoms with Gasteiger partial charge in [-0.2, -0.15) is 0 Å². The first-order chi connectivity index (χ1) is 12.2. The zero-order chi connectivity index (χ0) is 17.2. The summed E-state index contributed by atoms with van der Waals surface area (Å²) >= 11 is 1.63. The third-order valence-corrected chi connectivity index (χ3v) is 5.16. The zero-order valence-electron chi connectivity index (χ0n) is 13.7. The van der Waals surface area contributed by atoms with Gasteiger partial charge < -0.3 is 5.32 Å². The lowest BCUT2D eigenvalue weighted by Gasteiger charge is -2.10. The molecule has 25 heavy (non-hydrogen) atoms. The molecule has 0 saturated heterocycles. The molecule has 0 bridgehead atoms. The van der Waals surface area contributed by atoms with Crippen LogP contribution in [0.1, 0.15) is 15.9 Å². The normalized spacial score (nSPS) is 10.8. The van der Waals surface area contributed by atoms with Crippen LogP contribution in [-0.4, -0.2) is 10.9 Å². The Morgan fingerprint density at radius 2 is 1.64 bits per heavy atom. The van der Waals surface area contributed by atoms with Crippen molar-refractivity contribution < 1.29 is 4.79 Å². The van der Waals surface area contributed by atoms with E-state index in [0.29, 0.717) is 5.56 Å². The summed E-state index contributed by atoms with van der Waals surface area (Å²) in [6.45, 7) is 1.94. The molecule has 1 heterocycles. The van der Waals surface area contributed by atoms with Crippen molar-refractivity contribution >= 4 is 33.1 Å². The third-order valence-electron chi connectivity index (χ3n) is 4.09. The Bertz CT molecular complexity index is 1040. The number of carbonyl (C=O) groups is 1. The molecule has 4 heteroatoms. The number of thiazole rings is 1. The van der Waals surface area contributed by atoms with Gasteiger partial charge in [-0.05, 0) is 42.8 Å². The van der Waals surface area contributed by atoms with Gasteiger partial charge in [0.1, 0.15) is 5.01 Å². The Kier molecular flexibility index (Phi) is 4.04. The summed E-state index contributed by atoms with van der Waals surface area (Å²) in [5.41, 5.74) is 4.32. The summed E-state index contributed by atoms with van der Waals surface area (Å²) in [6, 6.07) is 23.4. The fraction of sp³-hybridized carbons (Fsp3) is 0.0476. The molecule has 0 fully saturated rings. The van der Waals surface area contributed by atoms with E-state index in [-0.39, 0.29) is 5.91 Å². The first-order valence-electron chi connectivity index (χ1n) is 8.04. The molecular weight excluding hydrogens is 328 g/mol. The summed E-state index contributed by atoms with van der Waals surface area (Å²) < 4.78 is 1.14. The number of benzene rings is 3. The standard InChI is InChI=1S/C21H16N2OS/c1-14-8-2-3-9-15(14)20(24)22-17-11-5-4-10-16(17)21-23-18-12-6-7-13-19(18)25-21/h2-13H,1H3,(H,22,24). The van der Waals surface area contributed by atoms with Crippen LogP contribution in [0.3, 0.4) is 0 Å². The predicted octanol–water partition coefficient (Wildman–Crippen LogP) is 5.52. The van der Waals surface area contributed by atoms with Crippen LogP contribution in [0.4, 0.5) is 5.69 Å². The van der Waals surface area contributed by atoms with E-state index in [1.54, 1.807) is 11.3 Å². The summed E-state index contributed by atoms with van der Waals surface area (Å²) in [5.74, 6) is -0.105. The Balaban J connectivity index is 1.72. The topological polar surface area (TPSA) is 42.0 Å². The van der Waals surface area contributed by atoms with E-state index >= 15 is 0 Å². The van der Waals surface area contributed by atoms with Gasteiger partial charge in [0.25, 0.3) is 5.91 Å². The minimum absolute atomic E-state index is 0.105. The number of fused-ring (bicyclic) bond motifs is 1. The summed E-state index contributed by atoms with van der Waals surface area (Å²) in [5, 5.41) is 3.94. The minimum atomic E-state index is -0.105. The molecule has 0 spiro atoms. The molecule has 122 valence electrons. The van der Waals surface area contributed by atoms with Crippen molar-refractivity contribution in [2.24, 2.45) is 0 Å². The van der Waals surface area contributed by atoms with E-state index in [0.717, 1.165) is 32.0 Å². The number of nitrogens with zero attached hydrogens (tertiary/aromatic N) is 1. The molecule has 0 saturated carbocycles. The van der Waals surface area contributed by atoms with Crippen molar-refractivity contribution in [1.82, 2.24) is 4.98 Å². The van der Waals surface area contributed by atoms with Crippen LogP contribution in [0, 0.1) is 6.92 Å². The monoisotopic (exact) mass is 344 g/mol. The van der Waals surface area contributed by atoms with Crippen LogP contribution >= 0.6 is 11.3 Å². The maximum atomic E-state index is 12.7. The Hall–Kier alpha value is -2.98. The smallest absolute Gasteiger partial charge is 0.255 e. The van der Waals surface area contributed by atoms with Crippen molar-refractivity contribution in [3.8, 4) is 10.6 Å². The Morgan fingerprint density at radius 3 is 2.48 bits per heavy atom. The first kappa shape index (κ1) is 15.5. The molecule has 0 aliphatic rings. The SMILES string of the molecule is Cc1ccccc1C(=O)Nc1ccccc1-c1nc2ccccc2s1. The van der Waals surface area contributed by atoms with Crippen molar-refractivity contribution in [3.63, 3.8) is 0 Å². The van der Waals surface area contributed by atoms with Gasteiger partial charge in [0.15, 0.2) is 0 Å². The molecule has 1 N–H and O–H groups in total. The maximum absolute atomic E-state index is 12.7. The molecule has 0 radical (unpaired) electrons. The second-order valence-corrected chi connectivity index (χ2v) is 6.83. The van der Waals surface area contributed by atoms with Gasteiger partial charge in [-0.3, -0.25) is 4.79 Å². The first-order valence-corrected chi connectivity index (χ1v) is 8.86. The number of carbonyl (C=O) groups excluding carboxylic acids is 1. The molecule has 1 amide bonds. The molecule has 1 aromatic heterocycles. The van der Waals surface area contributed by atoms with Crippen LogP contribution in [0.15, 0.2) is 72.8 Å². The number of amides is 1. The maximum Gasteiger partial charge on any atom is 0.255 e. The van der Waals surface area contributed by atoms with Gasteiger partial charge in [-0.15, -0.1) is 11.3 Å². The highest BCUT2D eigenvalue weighted by molar-refractivity contribution is 7.21. The number of para-hydroxylation sites is 2. The van der Waals surface area contributed by atoms with E-state index in [4.69, 9.17) is 4.98 Å². The van der Waals surface area contributed by atoms with Crippen LogP contribution in [0.2, 0.25) is 0 Å². The third kappa shape index (κ3) is 3.04. The van der Waals surface area contributed by atoms with E-state index in [1.165, 1.54) is 0 Å². The number of nitrogens with one attached hydrogen (secondary N) is 1. The molecule has 0 aliphatic heterocycles. The summed E-state index contributed by atoms with van der Waals surface area (Å²) in [7, 11) is 0. The number of hydrogen-bond donors (Lipinski definition) is 1. The molecule has 4 aromatic rings. The van der Waals surface area contributed by atoms with E-state index in [2.05, 4.69) is 11.4 Å². The highest BCUT2D eigenvalue weighted by Crippen LogP contribution is 2.34. The molecular formula is C21H16N2OS. The van der Waals surface area contributed by atoms with Gasteiger partial charge in [-0.1, -0.05) is 42.5 Å². The van der Waals surface area contributed by atoms with E-state index < -0.39 is 0 Å². The molecule has 0 unspecified atom stereocenters. The van der Waals surface area contributed by atoms with E-state index in [9.17, 15) is 4.79 Å². The number of hydrogen-bond acceptors (Lipinski definition) is 3. The Labute approximate surface area is 150 Å². The molecule has 3 nitrogen and oxygen atoms in total. The lowest BCUT2D eigenvalue weighted by molar-refractivity contribution is 0.102. The average molecular weight is 344 g/mol. The fourth-order valence-corrected chi connectivity index (χ4v) is 3.79. The van der Waals surface area contributed by atoms with Gasteiger partial charge >= 0.3 is 0 Å². The highest BCUT2D eigenvalue weighted by atomic mass is 32.1. The van der Waals surface area contributed by atoms with Gasteiger partial charge in [0.05, 0.1) is 15.9 Å². The van der Waals surface area contributed by atoms with Crippen LogP contribution in [0.5, 0.6) is 0 Å². The fourth-order valence-electron chi connectivity index (χ4n) is 2.78. The van der Waals surface area contributed by atoms with Gasteiger partial charge in [0.2, 0.25) is 0 Å². The zero-order valence-corrected chi connectivity index (χ0v) is 14.5. The van der Waals surface area contributed by atoms with Crippen LogP contribution < -0.4 is 5.32 Å². The van der Waals surface area contributed by atoms with E-state index in [1.807, 2.05) is 73.7 Å².